The summed E-state index contributed by atoms with van der Waals surface area (Å²) < 4.78 is 1.95. The molecular weight excluding hydrogens is 190 g/mol. The average Bonchev–Trinajstić information content (AvgIpc) is 2.83. The summed E-state index contributed by atoms with van der Waals surface area (Å²) in [5, 5.41) is 9.85. The lowest BCUT2D eigenvalue weighted by Gasteiger charge is -2.04. The number of nitrogens with one attached hydrogen (secondary N) is 2. The van der Waals surface area contributed by atoms with Crippen molar-refractivity contribution in [1.82, 2.24) is 19.7 Å². The number of imidazole rings is 1. The van der Waals surface area contributed by atoms with Crippen molar-refractivity contribution in [3.8, 4) is 5.69 Å². The molecule has 2 aromatic heterocycles. The van der Waals surface area contributed by atoms with E-state index in [1.54, 1.807) is 12.3 Å². The van der Waals surface area contributed by atoms with Gasteiger partial charge in [-0.1, -0.05) is 6.08 Å². The summed E-state index contributed by atoms with van der Waals surface area (Å²) in [6, 6.07) is 0. The fourth-order valence-electron chi connectivity index (χ4n) is 1.36. The lowest BCUT2D eigenvalue weighted by atomic mass is 10.5. The second-order valence-corrected chi connectivity index (χ2v) is 3.20. The van der Waals surface area contributed by atoms with Crippen molar-refractivity contribution in [2.75, 3.05) is 11.9 Å². The molecule has 0 aliphatic carbocycles. The molecule has 0 aliphatic heterocycles. The van der Waals surface area contributed by atoms with E-state index in [2.05, 4.69) is 27.1 Å². The Balaban J connectivity index is 2.33. The van der Waals surface area contributed by atoms with Gasteiger partial charge in [0.1, 0.15) is 0 Å². The average molecular weight is 203 g/mol. The van der Waals surface area contributed by atoms with E-state index in [1.165, 1.54) is 0 Å². The Kier molecular flexibility index (Phi) is 2.53. The largest absolute Gasteiger partial charge is 0.352 e. The predicted molar refractivity (Wildman–Crippen MR) is 59.1 cm³/mol. The monoisotopic (exact) mass is 203 g/mol. The van der Waals surface area contributed by atoms with Gasteiger partial charge in [-0.2, -0.15) is 5.10 Å². The van der Waals surface area contributed by atoms with Gasteiger partial charge in [-0.25, -0.2) is 4.98 Å². The fraction of sp³-hybridized carbons (Fsp3) is 0.200. The minimum absolute atomic E-state index is 0.689. The molecule has 2 aromatic rings. The quantitative estimate of drug-likeness (QED) is 0.740. The highest BCUT2D eigenvalue weighted by atomic mass is 15.2. The topological polar surface area (TPSA) is 58.5 Å². The molecule has 0 saturated carbocycles. The molecule has 0 atom stereocenters. The van der Waals surface area contributed by atoms with E-state index in [1.807, 2.05) is 23.9 Å². The number of hydrogen-bond acceptors (Lipinski definition) is 3. The van der Waals surface area contributed by atoms with Crippen LogP contribution in [0.5, 0.6) is 0 Å². The molecule has 0 radical (unpaired) electrons. The molecule has 0 bridgehead atoms. The molecule has 5 heteroatoms. The number of aryl methyl sites for hydroxylation is 1. The standard InChI is InChI=1S/C10H13N5/c1-3-4-11-10-14-8(2)7-15(10)9-5-12-13-6-9/h3,5-7H,1,4H2,2H3,(H,11,14)(H,12,13). The van der Waals surface area contributed by atoms with Gasteiger partial charge < -0.3 is 5.32 Å². The lowest BCUT2D eigenvalue weighted by Crippen LogP contribution is -2.04. The maximum Gasteiger partial charge on any atom is 0.208 e. The van der Waals surface area contributed by atoms with Gasteiger partial charge in [0.15, 0.2) is 0 Å². The number of aromatic amines is 1. The first-order chi connectivity index (χ1) is 7.31. The Hall–Kier alpha value is -2.04. The Morgan fingerprint density at radius 3 is 3.20 bits per heavy atom. The van der Waals surface area contributed by atoms with Crippen LogP contribution in [0.4, 0.5) is 5.95 Å². The number of nitrogens with zero attached hydrogens (tertiary/aromatic N) is 3. The zero-order valence-corrected chi connectivity index (χ0v) is 8.57. The van der Waals surface area contributed by atoms with Crippen LogP contribution in [0.15, 0.2) is 31.2 Å². The molecule has 0 aliphatic rings. The number of rotatable bonds is 4. The third-order valence-corrected chi connectivity index (χ3v) is 1.99. The molecule has 2 N–H and O–H groups in total. The number of anilines is 1. The minimum Gasteiger partial charge on any atom is -0.352 e. The van der Waals surface area contributed by atoms with Gasteiger partial charge in [0.05, 0.1) is 17.6 Å². The second kappa shape index (κ2) is 4.00. The molecule has 0 amide bonds. The predicted octanol–water partition coefficient (Wildman–Crippen LogP) is 1.50. The Morgan fingerprint density at radius 2 is 2.53 bits per heavy atom. The van der Waals surface area contributed by atoms with Crippen molar-refractivity contribution in [3.63, 3.8) is 0 Å². The Labute approximate surface area is 87.8 Å². The van der Waals surface area contributed by atoms with Crippen LogP contribution in [0.25, 0.3) is 5.69 Å². The van der Waals surface area contributed by atoms with E-state index < -0.39 is 0 Å². The van der Waals surface area contributed by atoms with Crippen LogP contribution in [0.1, 0.15) is 5.69 Å². The molecule has 0 fully saturated rings. The Morgan fingerprint density at radius 1 is 1.67 bits per heavy atom. The highest BCUT2D eigenvalue weighted by molar-refractivity contribution is 5.40. The van der Waals surface area contributed by atoms with Gasteiger partial charge in [-0.15, -0.1) is 6.58 Å². The summed E-state index contributed by atoms with van der Waals surface area (Å²) in [6.07, 6.45) is 7.32. The molecular formula is C10H13N5. The van der Waals surface area contributed by atoms with Crippen LogP contribution in [0.3, 0.4) is 0 Å². The van der Waals surface area contributed by atoms with E-state index in [9.17, 15) is 0 Å². The molecule has 0 saturated heterocycles. The first-order valence-electron chi connectivity index (χ1n) is 4.71. The molecule has 15 heavy (non-hydrogen) atoms. The van der Waals surface area contributed by atoms with E-state index >= 15 is 0 Å². The van der Waals surface area contributed by atoms with Crippen molar-refractivity contribution in [2.24, 2.45) is 0 Å². The zero-order chi connectivity index (χ0) is 10.7. The first kappa shape index (κ1) is 9.51. The summed E-state index contributed by atoms with van der Waals surface area (Å²) in [4.78, 5) is 4.37. The summed E-state index contributed by atoms with van der Waals surface area (Å²) in [5.74, 6) is 0.800. The molecule has 2 heterocycles. The summed E-state index contributed by atoms with van der Waals surface area (Å²) in [7, 11) is 0. The SMILES string of the molecule is C=CCNc1nc(C)cn1-c1cn[nH]c1. The van der Waals surface area contributed by atoms with Gasteiger partial charge in [-0.05, 0) is 6.92 Å². The molecule has 2 rings (SSSR count). The third-order valence-electron chi connectivity index (χ3n) is 1.99. The fourth-order valence-corrected chi connectivity index (χ4v) is 1.36. The number of hydrogen-bond donors (Lipinski definition) is 2. The van der Waals surface area contributed by atoms with Gasteiger partial charge in [0.2, 0.25) is 5.95 Å². The van der Waals surface area contributed by atoms with E-state index in [-0.39, 0.29) is 0 Å². The summed E-state index contributed by atoms with van der Waals surface area (Å²) in [6.45, 7) is 6.30. The third kappa shape index (κ3) is 1.90. The van der Waals surface area contributed by atoms with E-state index in [0.717, 1.165) is 17.3 Å². The highest BCUT2D eigenvalue weighted by Gasteiger charge is 2.06. The van der Waals surface area contributed by atoms with Crippen molar-refractivity contribution >= 4 is 5.95 Å². The molecule has 78 valence electrons. The van der Waals surface area contributed by atoms with Crippen LogP contribution in [-0.2, 0) is 0 Å². The van der Waals surface area contributed by atoms with E-state index in [4.69, 9.17) is 0 Å². The first-order valence-corrected chi connectivity index (χ1v) is 4.71. The zero-order valence-electron chi connectivity index (χ0n) is 8.57. The summed E-state index contributed by atoms with van der Waals surface area (Å²) in [5.41, 5.74) is 1.92. The molecule has 0 spiro atoms. The minimum atomic E-state index is 0.689. The normalized spacial score (nSPS) is 10.2. The van der Waals surface area contributed by atoms with Crippen molar-refractivity contribution < 1.29 is 0 Å². The van der Waals surface area contributed by atoms with Crippen LogP contribution in [0.2, 0.25) is 0 Å². The lowest BCUT2D eigenvalue weighted by molar-refractivity contribution is 1.04. The second-order valence-electron chi connectivity index (χ2n) is 3.20. The Bertz CT molecular complexity index is 440. The molecule has 0 aromatic carbocycles. The van der Waals surface area contributed by atoms with Gasteiger partial charge in [0, 0.05) is 18.9 Å². The van der Waals surface area contributed by atoms with Gasteiger partial charge >= 0.3 is 0 Å². The maximum atomic E-state index is 4.37. The smallest absolute Gasteiger partial charge is 0.208 e. The van der Waals surface area contributed by atoms with Crippen molar-refractivity contribution in [1.29, 1.82) is 0 Å². The van der Waals surface area contributed by atoms with Crippen molar-refractivity contribution in [3.05, 3.63) is 36.9 Å². The van der Waals surface area contributed by atoms with Crippen LogP contribution in [0, 0.1) is 6.92 Å². The van der Waals surface area contributed by atoms with Crippen molar-refractivity contribution in [2.45, 2.75) is 6.92 Å². The maximum absolute atomic E-state index is 4.37. The van der Waals surface area contributed by atoms with E-state index in [0.29, 0.717) is 6.54 Å². The molecule has 5 nitrogen and oxygen atoms in total. The van der Waals surface area contributed by atoms with Crippen LogP contribution < -0.4 is 5.32 Å². The molecule has 0 unspecified atom stereocenters. The highest BCUT2D eigenvalue weighted by Crippen LogP contribution is 2.14. The number of H-pyrrole nitrogens is 1. The van der Waals surface area contributed by atoms with Gasteiger partial charge in [0.25, 0.3) is 0 Å². The van der Waals surface area contributed by atoms with Gasteiger partial charge in [-0.3, -0.25) is 9.67 Å². The number of aromatic nitrogens is 4. The van der Waals surface area contributed by atoms with Crippen LogP contribution >= 0.6 is 0 Å². The van der Waals surface area contributed by atoms with Crippen LogP contribution in [-0.4, -0.2) is 26.3 Å². The summed E-state index contributed by atoms with van der Waals surface area (Å²) >= 11 is 0.